The number of nitrogens with zero attached hydrogens (tertiary/aromatic N) is 4. The molecule has 1 aliphatic heterocycles. The molecule has 4 atom stereocenters. The second-order valence-corrected chi connectivity index (χ2v) is 5.95. The lowest BCUT2D eigenvalue weighted by Gasteiger charge is -2.16. The van der Waals surface area contributed by atoms with Crippen molar-refractivity contribution >= 4 is 40.3 Å². The maximum absolute atomic E-state index is 10.2. The molecule has 2 aromatic heterocycles. The number of ether oxygens (including phenoxy) is 1. The quantitative estimate of drug-likeness (QED) is 0.675. The summed E-state index contributed by atoms with van der Waals surface area (Å²) >= 11 is 7.33. The molecule has 0 radical (unpaired) electrons. The Kier molecular flexibility index (Phi) is 3.93. The molecule has 21 heavy (non-hydrogen) atoms. The van der Waals surface area contributed by atoms with Crippen molar-refractivity contribution in [2.75, 3.05) is 17.7 Å². The van der Waals surface area contributed by atoms with E-state index in [1.165, 1.54) is 22.7 Å². The molecule has 2 aromatic rings. The van der Waals surface area contributed by atoms with Gasteiger partial charge in [-0.3, -0.25) is 4.57 Å². The summed E-state index contributed by atoms with van der Waals surface area (Å²) in [5, 5.41) is 20.2. The number of nitrogen functional groups attached to an aromatic ring is 1. The second-order valence-electron chi connectivity index (χ2n) is 4.70. The van der Waals surface area contributed by atoms with Gasteiger partial charge in [0.05, 0.1) is 12.4 Å². The third kappa shape index (κ3) is 2.44. The van der Waals surface area contributed by atoms with Gasteiger partial charge in [-0.1, -0.05) is 0 Å². The first-order chi connectivity index (χ1) is 10.0. The molecule has 4 N–H and O–H groups in total. The molecule has 0 aromatic carbocycles. The fourth-order valence-electron chi connectivity index (χ4n) is 2.36. The van der Waals surface area contributed by atoms with E-state index in [4.69, 9.17) is 22.1 Å². The molecule has 1 aliphatic rings. The number of anilines is 1. The fourth-order valence-corrected chi connectivity index (χ4v) is 3.13. The normalized spacial score (nSPS) is 29.3. The van der Waals surface area contributed by atoms with Gasteiger partial charge in [0.25, 0.3) is 0 Å². The number of rotatable bonds is 3. The van der Waals surface area contributed by atoms with Gasteiger partial charge in [0.2, 0.25) is 5.28 Å². The minimum atomic E-state index is -1.09. The van der Waals surface area contributed by atoms with Crippen LogP contribution in [0.3, 0.4) is 0 Å². The standard InChI is InChI=1S/C11H14ClN5O3S/c1-21-2-4-6(18)7(19)10(20-4)17-3-14-5-8(13)15-11(12)16-9(5)17/h3-4,6-7,10,18-19H,2H2,1H3,(H2,13,15,16)/t4-,6?,7?,10?/m1/s1. The first-order valence-corrected chi connectivity index (χ1v) is 7.96. The fraction of sp³-hybridized carbons (Fsp3) is 0.545. The van der Waals surface area contributed by atoms with Crippen LogP contribution in [0.2, 0.25) is 5.28 Å². The van der Waals surface area contributed by atoms with Crippen molar-refractivity contribution in [3.05, 3.63) is 11.6 Å². The average molecular weight is 332 g/mol. The third-order valence-electron chi connectivity index (χ3n) is 3.36. The molecule has 114 valence electrons. The molecule has 1 saturated heterocycles. The molecule has 1 fully saturated rings. The molecule has 3 heterocycles. The topological polar surface area (TPSA) is 119 Å². The van der Waals surface area contributed by atoms with Crippen LogP contribution in [0, 0.1) is 0 Å². The summed E-state index contributed by atoms with van der Waals surface area (Å²) in [6.45, 7) is 0. The van der Waals surface area contributed by atoms with Crippen LogP contribution in [0.15, 0.2) is 6.33 Å². The Morgan fingerprint density at radius 2 is 2.19 bits per heavy atom. The highest BCUT2D eigenvalue weighted by molar-refractivity contribution is 7.98. The number of nitrogens with two attached hydrogens (primary N) is 1. The van der Waals surface area contributed by atoms with E-state index < -0.39 is 24.5 Å². The Bertz CT molecular complexity index is 669. The Balaban J connectivity index is 2.01. The predicted octanol–water partition coefficient (Wildman–Crippen LogP) is 0.0441. The van der Waals surface area contributed by atoms with Gasteiger partial charge < -0.3 is 20.7 Å². The zero-order valence-corrected chi connectivity index (χ0v) is 12.6. The lowest BCUT2D eigenvalue weighted by atomic mass is 10.1. The lowest BCUT2D eigenvalue weighted by molar-refractivity contribution is -0.0288. The van der Waals surface area contributed by atoms with E-state index in [0.717, 1.165) is 0 Å². The average Bonchev–Trinajstić information content (AvgIpc) is 2.96. The predicted molar refractivity (Wildman–Crippen MR) is 79.1 cm³/mol. The van der Waals surface area contributed by atoms with E-state index in [-0.39, 0.29) is 11.1 Å². The van der Waals surface area contributed by atoms with Crippen LogP contribution in [0.25, 0.3) is 11.2 Å². The molecule has 8 nitrogen and oxygen atoms in total. The maximum Gasteiger partial charge on any atom is 0.226 e. The molecule has 3 rings (SSSR count). The molecule has 0 aliphatic carbocycles. The summed E-state index contributed by atoms with van der Waals surface area (Å²) in [5.41, 5.74) is 6.47. The number of hydrogen-bond acceptors (Lipinski definition) is 8. The van der Waals surface area contributed by atoms with Crippen LogP contribution < -0.4 is 5.73 Å². The molecule has 0 amide bonds. The van der Waals surface area contributed by atoms with Crippen molar-refractivity contribution in [2.24, 2.45) is 0 Å². The van der Waals surface area contributed by atoms with Crippen molar-refractivity contribution in [3.63, 3.8) is 0 Å². The van der Waals surface area contributed by atoms with E-state index in [9.17, 15) is 10.2 Å². The molecular weight excluding hydrogens is 318 g/mol. The van der Waals surface area contributed by atoms with Crippen molar-refractivity contribution in [3.8, 4) is 0 Å². The molecule has 0 bridgehead atoms. The van der Waals surface area contributed by atoms with Gasteiger partial charge in [-0.25, -0.2) is 4.98 Å². The number of aromatic nitrogens is 4. The maximum atomic E-state index is 10.2. The highest BCUT2D eigenvalue weighted by atomic mass is 35.5. The third-order valence-corrected chi connectivity index (χ3v) is 4.19. The summed E-state index contributed by atoms with van der Waals surface area (Å²) in [7, 11) is 0. The van der Waals surface area contributed by atoms with Crippen molar-refractivity contribution < 1.29 is 14.9 Å². The van der Waals surface area contributed by atoms with Gasteiger partial charge >= 0.3 is 0 Å². The van der Waals surface area contributed by atoms with Gasteiger partial charge in [0, 0.05) is 5.75 Å². The minimum absolute atomic E-state index is 0.0181. The Labute approximate surface area is 129 Å². The summed E-state index contributed by atoms with van der Waals surface area (Å²) in [6.07, 6.45) is 0.00760. The van der Waals surface area contributed by atoms with Gasteiger partial charge in [-0.05, 0) is 17.9 Å². The summed E-state index contributed by atoms with van der Waals surface area (Å²) in [6, 6.07) is 0. The van der Waals surface area contributed by atoms with E-state index in [0.29, 0.717) is 16.9 Å². The van der Waals surface area contributed by atoms with Crippen molar-refractivity contribution in [1.29, 1.82) is 0 Å². The van der Waals surface area contributed by atoms with E-state index in [2.05, 4.69) is 15.0 Å². The Morgan fingerprint density at radius 3 is 2.90 bits per heavy atom. The molecule has 3 unspecified atom stereocenters. The zero-order valence-electron chi connectivity index (χ0n) is 11.0. The van der Waals surface area contributed by atoms with Crippen LogP contribution in [0.1, 0.15) is 6.23 Å². The number of fused-ring (bicyclic) bond motifs is 1. The van der Waals surface area contributed by atoms with Crippen molar-refractivity contribution in [2.45, 2.75) is 24.5 Å². The summed E-state index contributed by atoms with van der Waals surface area (Å²) < 4.78 is 7.22. The zero-order chi connectivity index (χ0) is 15.1. The molecule has 0 spiro atoms. The minimum Gasteiger partial charge on any atom is -0.387 e. The van der Waals surface area contributed by atoms with E-state index in [1.807, 2.05) is 6.26 Å². The largest absolute Gasteiger partial charge is 0.387 e. The number of hydrogen-bond donors (Lipinski definition) is 3. The van der Waals surface area contributed by atoms with E-state index in [1.54, 1.807) is 0 Å². The van der Waals surface area contributed by atoms with Gasteiger partial charge in [0.1, 0.15) is 17.7 Å². The molecule has 0 saturated carbocycles. The molecular formula is C11H14ClN5O3S. The summed E-state index contributed by atoms with van der Waals surface area (Å²) in [4.78, 5) is 12.0. The van der Waals surface area contributed by atoms with Crippen LogP contribution in [0.4, 0.5) is 5.82 Å². The highest BCUT2D eigenvalue weighted by Crippen LogP contribution is 2.33. The number of halogens is 1. The van der Waals surface area contributed by atoms with Gasteiger partial charge in [-0.15, -0.1) is 0 Å². The lowest BCUT2D eigenvalue weighted by Crippen LogP contribution is -2.32. The Morgan fingerprint density at radius 1 is 1.43 bits per heavy atom. The first kappa shape index (κ1) is 14.8. The van der Waals surface area contributed by atoms with E-state index >= 15 is 0 Å². The van der Waals surface area contributed by atoms with Crippen LogP contribution >= 0.6 is 23.4 Å². The Hall–Kier alpha value is -1.13. The van der Waals surface area contributed by atoms with Crippen molar-refractivity contribution in [1.82, 2.24) is 19.5 Å². The molecule has 10 heteroatoms. The number of aliphatic hydroxyl groups excluding tert-OH is 2. The SMILES string of the molecule is CSC[C@H]1OC(n2cnc3c(N)nc(Cl)nc32)C(O)C1O. The van der Waals surface area contributed by atoms with Crippen LogP contribution in [0.5, 0.6) is 0 Å². The number of aliphatic hydroxyl groups is 2. The first-order valence-electron chi connectivity index (χ1n) is 6.19. The van der Waals surface area contributed by atoms with Crippen LogP contribution in [-0.2, 0) is 4.74 Å². The summed E-state index contributed by atoms with van der Waals surface area (Å²) in [5.74, 6) is 0.719. The number of imidazole rings is 1. The second kappa shape index (κ2) is 5.58. The van der Waals surface area contributed by atoms with Crippen LogP contribution in [-0.4, -0.2) is 60.1 Å². The van der Waals surface area contributed by atoms with Gasteiger partial charge in [0.15, 0.2) is 17.7 Å². The smallest absolute Gasteiger partial charge is 0.226 e. The monoisotopic (exact) mass is 331 g/mol. The van der Waals surface area contributed by atoms with Gasteiger partial charge in [-0.2, -0.15) is 21.7 Å². The highest BCUT2D eigenvalue weighted by Gasteiger charge is 2.44. The number of thioether (sulfide) groups is 1.